The van der Waals surface area contributed by atoms with Crippen molar-refractivity contribution in [3.05, 3.63) is 81.7 Å². The molecule has 0 aliphatic carbocycles. The molecule has 3 aromatic carbocycles. The Kier molecular flexibility index (Phi) is 6.69. The van der Waals surface area contributed by atoms with Crippen molar-refractivity contribution in [3.8, 4) is 11.5 Å². The molecule has 0 aromatic heterocycles. The summed E-state index contributed by atoms with van der Waals surface area (Å²) in [5.74, 6) is 0.249. The predicted octanol–water partition coefficient (Wildman–Crippen LogP) is 5.42. The van der Waals surface area contributed by atoms with Crippen molar-refractivity contribution in [1.29, 1.82) is 0 Å². The third-order valence-corrected chi connectivity index (χ3v) is 8.03. The summed E-state index contributed by atoms with van der Waals surface area (Å²) < 4.78 is 37.0. The van der Waals surface area contributed by atoms with Crippen LogP contribution in [-0.4, -0.2) is 28.5 Å². The smallest absolute Gasteiger partial charge is 0.262 e. The number of hydrogen-bond donors (Lipinski definition) is 1. The van der Waals surface area contributed by atoms with E-state index in [-0.39, 0.29) is 16.6 Å². The lowest BCUT2D eigenvalue weighted by molar-refractivity contribution is -0.112. The Balaban J connectivity index is 1.63. The minimum Gasteiger partial charge on any atom is -0.496 e. The summed E-state index contributed by atoms with van der Waals surface area (Å²) in [4.78, 5) is 14.0. The molecule has 0 saturated carbocycles. The normalized spacial score (nSPS) is 14.5. The average molecular weight is 502 g/mol. The van der Waals surface area contributed by atoms with Crippen LogP contribution in [-0.2, 0) is 20.4 Å². The fraction of sp³-hybridized carbons (Fsp3) is 0.125. The second-order valence-electron chi connectivity index (χ2n) is 7.17. The first-order chi connectivity index (χ1) is 15.8. The Labute approximate surface area is 201 Å². The molecule has 0 fully saturated rings. The third kappa shape index (κ3) is 5.03. The first-order valence-electron chi connectivity index (χ1n) is 9.84. The van der Waals surface area contributed by atoms with E-state index in [0.717, 1.165) is 10.5 Å². The fourth-order valence-electron chi connectivity index (χ4n) is 3.39. The number of hydrogen-bond acceptors (Lipinski definition) is 6. The van der Waals surface area contributed by atoms with Gasteiger partial charge in [0.2, 0.25) is 0 Å². The number of fused-ring (bicyclic) bond motifs is 1. The molecule has 3 aromatic rings. The minimum absolute atomic E-state index is 0.0974. The van der Waals surface area contributed by atoms with Crippen LogP contribution in [0.5, 0.6) is 11.5 Å². The number of methoxy groups -OCH3 is 2. The fourth-order valence-corrected chi connectivity index (χ4v) is 5.85. The van der Waals surface area contributed by atoms with Crippen LogP contribution in [0.4, 0.5) is 5.69 Å². The molecule has 170 valence electrons. The number of sulfone groups is 1. The second kappa shape index (κ2) is 9.51. The van der Waals surface area contributed by atoms with E-state index in [1.807, 2.05) is 12.1 Å². The van der Waals surface area contributed by atoms with Gasteiger partial charge in [0.25, 0.3) is 5.91 Å². The molecule has 1 N–H and O–H groups in total. The summed E-state index contributed by atoms with van der Waals surface area (Å²) >= 11 is 7.20. The van der Waals surface area contributed by atoms with Crippen LogP contribution in [0.3, 0.4) is 0 Å². The van der Waals surface area contributed by atoms with Crippen molar-refractivity contribution in [2.24, 2.45) is 0 Å². The minimum atomic E-state index is -3.74. The van der Waals surface area contributed by atoms with E-state index < -0.39 is 9.84 Å². The molecule has 1 aliphatic rings. The highest BCUT2D eigenvalue weighted by molar-refractivity contribution is 8.04. The number of halogens is 1. The summed E-state index contributed by atoms with van der Waals surface area (Å²) in [6, 6.07) is 17.0. The maximum absolute atomic E-state index is 13.2. The molecule has 1 heterocycles. The highest BCUT2D eigenvalue weighted by atomic mass is 35.5. The first-order valence-corrected chi connectivity index (χ1v) is 12.7. The number of carbonyl (C=O) groups excluding carboxylic acids is 1. The molecular weight excluding hydrogens is 482 g/mol. The van der Waals surface area contributed by atoms with Gasteiger partial charge in [-0.2, -0.15) is 0 Å². The lowest BCUT2D eigenvalue weighted by Crippen LogP contribution is -2.18. The largest absolute Gasteiger partial charge is 0.496 e. The summed E-state index contributed by atoms with van der Waals surface area (Å²) in [5, 5.41) is 3.41. The van der Waals surface area contributed by atoms with Crippen molar-refractivity contribution >= 4 is 50.9 Å². The predicted molar refractivity (Wildman–Crippen MR) is 131 cm³/mol. The maximum Gasteiger partial charge on any atom is 0.262 e. The standard InChI is InChI=1S/C24H20ClNO5S2/c1-30-20-4-3-5-21(31-2)18(20)14-33(28,29)17-10-11-22-19(13-17)26-24(27)23(32-22)12-15-6-8-16(25)9-7-15/h3-13H,14H2,1-2H3,(H,26,27)/b23-12+. The average Bonchev–Trinajstić information content (AvgIpc) is 2.80. The molecule has 1 aliphatic heterocycles. The maximum atomic E-state index is 13.2. The van der Waals surface area contributed by atoms with Crippen molar-refractivity contribution in [1.82, 2.24) is 0 Å². The monoisotopic (exact) mass is 501 g/mol. The summed E-state index contributed by atoms with van der Waals surface area (Å²) in [5.41, 5.74) is 1.73. The number of anilines is 1. The van der Waals surface area contributed by atoms with Crippen LogP contribution in [0.15, 0.2) is 75.4 Å². The SMILES string of the molecule is COc1cccc(OC)c1CS(=O)(=O)c1ccc2c(c1)NC(=O)/C(=C\c1ccc(Cl)cc1)S2. The molecule has 0 radical (unpaired) electrons. The molecule has 1 amide bonds. The number of nitrogens with one attached hydrogen (secondary N) is 1. The zero-order valence-corrected chi connectivity index (χ0v) is 20.2. The topological polar surface area (TPSA) is 81.7 Å². The van der Waals surface area contributed by atoms with E-state index in [0.29, 0.717) is 32.7 Å². The van der Waals surface area contributed by atoms with E-state index in [4.69, 9.17) is 21.1 Å². The van der Waals surface area contributed by atoms with Gasteiger partial charge < -0.3 is 14.8 Å². The third-order valence-electron chi connectivity index (χ3n) is 5.03. The van der Waals surface area contributed by atoms with Crippen LogP contribution in [0.1, 0.15) is 11.1 Å². The number of amides is 1. The zero-order chi connectivity index (χ0) is 23.6. The molecule has 6 nitrogen and oxygen atoms in total. The van der Waals surface area contributed by atoms with Gasteiger partial charge in [0, 0.05) is 9.92 Å². The highest BCUT2D eigenvalue weighted by Crippen LogP contribution is 2.41. The van der Waals surface area contributed by atoms with Gasteiger partial charge in [-0.15, -0.1) is 0 Å². The summed E-state index contributed by atoms with van der Waals surface area (Å²) in [7, 11) is -0.788. The molecular formula is C24H20ClNO5S2. The molecule has 0 atom stereocenters. The van der Waals surface area contributed by atoms with E-state index in [9.17, 15) is 13.2 Å². The summed E-state index contributed by atoms with van der Waals surface area (Å²) in [6.07, 6.45) is 1.76. The quantitative estimate of drug-likeness (QED) is 0.454. The Bertz CT molecular complexity index is 1330. The molecule has 0 spiro atoms. The summed E-state index contributed by atoms with van der Waals surface area (Å²) in [6.45, 7) is 0. The van der Waals surface area contributed by atoms with Gasteiger partial charge in [-0.05, 0) is 54.1 Å². The van der Waals surface area contributed by atoms with E-state index in [2.05, 4.69) is 5.32 Å². The van der Waals surface area contributed by atoms with Crippen molar-refractivity contribution in [2.45, 2.75) is 15.5 Å². The zero-order valence-electron chi connectivity index (χ0n) is 17.8. The van der Waals surface area contributed by atoms with Gasteiger partial charge in [0.05, 0.1) is 41.0 Å². The van der Waals surface area contributed by atoms with Gasteiger partial charge in [0.1, 0.15) is 11.5 Å². The lowest BCUT2D eigenvalue weighted by atomic mass is 10.2. The molecule has 0 unspecified atom stereocenters. The first kappa shape index (κ1) is 23.2. The Morgan fingerprint density at radius 2 is 1.67 bits per heavy atom. The van der Waals surface area contributed by atoms with Gasteiger partial charge in [-0.3, -0.25) is 4.79 Å². The lowest BCUT2D eigenvalue weighted by Gasteiger charge is -2.20. The number of benzene rings is 3. The molecule has 0 saturated heterocycles. The number of ether oxygens (including phenoxy) is 2. The van der Waals surface area contributed by atoms with Crippen LogP contribution in [0.25, 0.3) is 6.08 Å². The number of carbonyl (C=O) groups is 1. The molecule has 0 bridgehead atoms. The Morgan fingerprint density at radius 1 is 1.00 bits per heavy atom. The second-order valence-corrected chi connectivity index (χ2v) is 10.7. The van der Waals surface area contributed by atoms with E-state index in [1.165, 1.54) is 32.0 Å². The Hall–Kier alpha value is -2.94. The van der Waals surface area contributed by atoms with E-state index in [1.54, 1.807) is 48.5 Å². The molecule has 9 heteroatoms. The van der Waals surface area contributed by atoms with Crippen LogP contribution in [0, 0.1) is 0 Å². The van der Waals surface area contributed by atoms with Crippen LogP contribution >= 0.6 is 23.4 Å². The van der Waals surface area contributed by atoms with Gasteiger partial charge in [-0.25, -0.2) is 8.42 Å². The van der Waals surface area contributed by atoms with Crippen molar-refractivity contribution in [3.63, 3.8) is 0 Å². The molecule has 4 rings (SSSR count). The van der Waals surface area contributed by atoms with Crippen molar-refractivity contribution < 1.29 is 22.7 Å². The Morgan fingerprint density at radius 3 is 2.30 bits per heavy atom. The number of thioether (sulfide) groups is 1. The highest BCUT2D eigenvalue weighted by Gasteiger charge is 2.26. The number of rotatable bonds is 6. The molecule has 33 heavy (non-hydrogen) atoms. The van der Waals surface area contributed by atoms with Crippen molar-refractivity contribution in [2.75, 3.05) is 19.5 Å². The van der Waals surface area contributed by atoms with Crippen LogP contribution in [0.2, 0.25) is 5.02 Å². The van der Waals surface area contributed by atoms with E-state index >= 15 is 0 Å². The van der Waals surface area contributed by atoms with Gasteiger partial charge >= 0.3 is 0 Å². The van der Waals surface area contributed by atoms with Gasteiger partial charge in [0.15, 0.2) is 9.84 Å². The van der Waals surface area contributed by atoms with Crippen LogP contribution < -0.4 is 14.8 Å². The van der Waals surface area contributed by atoms with Gasteiger partial charge in [-0.1, -0.05) is 41.6 Å².